The van der Waals surface area contributed by atoms with Crippen LogP contribution in [0.15, 0.2) is 24.3 Å². The maximum absolute atomic E-state index is 10.6. The quantitative estimate of drug-likeness (QED) is 0.830. The molecule has 2 atom stereocenters. The molecule has 0 bridgehead atoms. The lowest BCUT2D eigenvalue weighted by Gasteiger charge is -2.27. The van der Waals surface area contributed by atoms with E-state index in [1.807, 2.05) is 11.8 Å². The van der Waals surface area contributed by atoms with Crippen LogP contribution >= 0.6 is 11.8 Å². The summed E-state index contributed by atoms with van der Waals surface area (Å²) in [6, 6.07) is 8.43. The Hall–Kier alpha value is -0.470. The van der Waals surface area contributed by atoms with Gasteiger partial charge in [-0.1, -0.05) is 38.1 Å². The standard InChI is InChI=1S/C13H18OS/c1-3-11-4-6-12(7-5-11)13(14)8-9-15-10(13)2/h4-7,10,14H,3,8-9H2,1-2H3/t10-,13+/m1/s1. The number of rotatable bonds is 2. The molecule has 1 saturated heterocycles. The van der Waals surface area contributed by atoms with E-state index in [4.69, 9.17) is 0 Å². The summed E-state index contributed by atoms with van der Waals surface area (Å²) in [5, 5.41) is 10.9. The third kappa shape index (κ3) is 1.93. The molecule has 1 N–H and O–H groups in total. The first-order valence-electron chi connectivity index (χ1n) is 5.60. The van der Waals surface area contributed by atoms with Gasteiger partial charge in [0, 0.05) is 5.25 Å². The van der Waals surface area contributed by atoms with Crippen LogP contribution < -0.4 is 0 Å². The molecule has 1 aliphatic rings. The minimum absolute atomic E-state index is 0.310. The van der Waals surface area contributed by atoms with E-state index in [2.05, 4.69) is 38.1 Å². The van der Waals surface area contributed by atoms with Crippen molar-refractivity contribution in [3.8, 4) is 0 Å². The fourth-order valence-electron chi connectivity index (χ4n) is 2.14. The van der Waals surface area contributed by atoms with Crippen molar-refractivity contribution in [3.63, 3.8) is 0 Å². The molecule has 1 aromatic rings. The lowest BCUT2D eigenvalue weighted by atomic mass is 9.88. The zero-order valence-corrected chi connectivity index (χ0v) is 10.2. The first-order valence-corrected chi connectivity index (χ1v) is 6.65. The summed E-state index contributed by atoms with van der Waals surface area (Å²) < 4.78 is 0. The molecule has 0 amide bonds. The molecule has 0 spiro atoms. The van der Waals surface area contributed by atoms with E-state index in [9.17, 15) is 5.11 Å². The van der Waals surface area contributed by atoms with Crippen molar-refractivity contribution in [2.24, 2.45) is 0 Å². The molecule has 1 aromatic carbocycles. The Labute approximate surface area is 95.9 Å². The summed E-state index contributed by atoms with van der Waals surface area (Å²) in [5.74, 6) is 1.06. The van der Waals surface area contributed by atoms with Crippen LogP contribution in [0.25, 0.3) is 0 Å². The van der Waals surface area contributed by atoms with Crippen molar-refractivity contribution in [1.82, 2.24) is 0 Å². The largest absolute Gasteiger partial charge is 0.384 e. The van der Waals surface area contributed by atoms with Gasteiger partial charge in [0.05, 0.1) is 0 Å². The van der Waals surface area contributed by atoms with E-state index < -0.39 is 5.60 Å². The molecule has 0 saturated carbocycles. The van der Waals surface area contributed by atoms with Crippen molar-refractivity contribution in [2.45, 2.75) is 37.5 Å². The summed E-state index contributed by atoms with van der Waals surface area (Å²) in [7, 11) is 0. The van der Waals surface area contributed by atoms with E-state index in [-0.39, 0.29) is 0 Å². The summed E-state index contributed by atoms with van der Waals surface area (Å²) in [5.41, 5.74) is 1.81. The Kier molecular flexibility index (Phi) is 3.08. The third-order valence-corrected chi connectivity index (χ3v) is 4.72. The van der Waals surface area contributed by atoms with E-state index in [1.165, 1.54) is 5.56 Å². The van der Waals surface area contributed by atoms with Gasteiger partial charge in [0.15, 0.2) is 0 Å². The molecule has 82 valence electrons. The van der Waals surface area contributed by atoms with E-state index in [0.29, 0.717) is 5.25 Å². The number of aliphatic hydroxyl groups is 1. The van der Waals surface area contributed by atoms with Crippen LogP contribution in [0.3, 0.4) is 0 Å². The van der Waals surface area contributed by atoms with Crippen LogP contribution in [0.4, 0.5) is 0 Å². The van der Waals surface area contributed by atoms with Crippen LogP contribution in [0, 0.1) is 0 Å². The zero-order valence-electron chi connectivity index (χ0n) is 9.36. The smallest absolute Gasteiger partial charge is 0.102 e. The monoisotopic (exact) mass is 222 g/mol. The maximum Gasteiger partial charge on any atom is 0.102 e. The van der Waals surface area contributed by atoms with Crippen molar-refractivity contribution in [3.05, 3.63) is 35.4 Å². The predicted octanol–water partition coefficient (Wildman–Crippen LogP) is 2.96. The Morgan fingerprint density at radius 1 is 1.40 bits per heavy atom. The lowest BCUT2D eigenvalue weighted by molar-refractivity contribution is 0.0427. The second kappa shape index (κ2) is 4.18. The van der Waals surface area contributed by atoms with Gasteiger partial charge in [-0.05, 0) is 29.7 Å². The van der Waals surface area contributed by atoms with Gasteiger partial charge in [0.25, 0.3) is 0 Å². The van der Waals surface area contributed by atoms with Gasteiger partial charge in [-0.15, -0.1) is 0 Å². The SMILES string of the molecule is CCc1ccc([C@]2(O)CCS[C@@H]2C)cc1. The van der Waals surface area contributed by atoms with Gasteiger partial charge in [0.1, 0.15) is 5.60 Å². The first kappa shape index (κ1) is 11.0. The molecule has 15 heavy (non-hydrogen) atoms. The van der Waals surface area contributed by atoms with Crippen molar-refractivity contribution in [1.29, 1.82) is 0 Å². The maximum atomic E-state index is 10.6. The third-order valence-electron chi connectivity index (χ3n) is 3.39. The van der Waals surface area contributed by atoms with Gasteiger partial charge in [-0.3, -0.25) is 0 Å². The molecule has 2 rings (SSSR count). The van der Waals surface area contributed by atoms with Crippen LogP contribution in [0.1, 0.15) is 31.4 Å². The fourth-order valence-corrected chi connectivity index (χ4v) is 3.45. The highest BCUT2D eigenvalue weighted by Crippen LogP contribution is 2.42. The van der Waals surface area contributed by atoms with Gasteiger partial charge in [0.2, 0.25) is 0 Å². The van der Waals surface area contributed by atoms with Crippen LogP contribution in [0.5, 0.6) is 0 Å². The molecule has 0 radical (unpaired) electrons. The van der Waals surface area contributed by atoms with Crippen molar-refractivity contribution < 1.29 is 5.11 Å². The highest BCUT2D eigenvalue weighted by molar-refractivity contribution is 8.00. The molecule has 1 fully saturated rings. The van der Waals surface area contributed by atoms with Gasteiger partial charge >= 0.3 is 0 Å². The number of hydrogen-bond acceptors (Lipinski definition) is 2. The molecule has 0 unspecified atom stereocenters. The van der Waals surface area contributed by atoms with E-state index in [0.717, 1.165) is 24.2 Å². The summed E-state index contributed by atoms with van der Waals surface area (Å²) >= 11 is 1.86. The van der Waals surface area contributed by atoms with Crippen molar-refractivity contribution in [2.75, 3.05) is 5.75 Å². The van der Waals surface area contributed by atoms with E-state index >= 15 is 0 Å². The second-order valence-electron chi connectivity index (χ2n) is 4.24. The van der Waals surface area contributed by atoms with Crippen LogP contribution in [-0.2, 0) is 12.0 Å². The number of aryl methyl sites for hydroxylation is 1. The average molecular weight is 222 g/mol. The molecular formula is C13H18OS. The van der Waals surface area contributed by atoms with Gasteiger partial charge in [-0.25, -0.2) is 0 Å². The minimum atomic E-state index is -0.600. The fraction of sp³-hybridized carbons (Fsp3) is 0.538. The Morgan fingerprint density at radius 3 is 2.53 bits per heavy atom. The summed E-state index contributed by atoms with van der Waals surface area (Å²) in [6.45, 7) is 4.27. The molecule has 2 heteroatoms. The molecule has 0 aromatic heterocycles. The number of thioether (sulfide) groups is 1. The normalized spacial score (nSPS) is 30.7. The second-order valence-corrected chi connectivity index (χ2v) is 5.69. The molecule has 1 nitrogen and oxygen atoms in total. The first-order chi connectivity index (χ1) is 7.16. The highest BCUT2D eigenvalue weighted by atomic mass is 32.2. The molecule has 1 aliphatic heterocycles. The number of hydrogen-bond donors (Lipinski definition) is 1. The van der Waals surface area contributed by atoms with Crippen molar-refractivity contribution >= 4 is 11.8 Å². The van der Waals surface area contributed by atoms with Crippen LogP contribution in [-0.4, -0.2) is 16.1 Å². The van der Waals surface area contributed by atoms with E-state index in [1.54, 1.807) is 0 Å². The zero-order chi connectivity index (χ0) is 10.9. The average Bonchev–Trinajstić information content (AvgIpc) is 2.61. The Bertz CT molecular complexity index is 333. The summed E-state index contributed by atoms with van der Waals surface area (Å²) in [6.07, 6.45) is 1.94. The minimum Gasteiger partial charge on any atom is -0.384 e. The topological polar surface area (TPSA) is 20.2 Å². The summed E-state index contributed by atoms with van der Waals surface area (Å²) in [4.78, 5) is 0. The Balaban J connectivity index is 2.28. The Morgan fingerprint density at radius 2 is 2.07 bits per heavy atom. The van der Waals surface area contributed by atoms with Crippen LogP contribution in [0.2, 0.25) is 0 Å². The van der Waals surface area contributed by atoms with Gasteiger partial charge in [-0.2, -0.15) is 11.8 Å². The molecular weight excluding hydrogens is 204 g/mol. The number of benzene rings is 1. The van der Waals surface area contributed by atoms with Gasteiger partial charge < -0.3 is 5.11 Å². The predicted molar refractivity (Wildman–Crippen MR) is 66.3 cm³/mol. The highest BCUT2D eigenvalue weighted by Gasteiger charge is 2.40. The molecule has 1 heterocycles. The molecule has 0 aliphatic carbocycles. The lowest BCUT2D eigenvalue weighted by Crippen LogP contribution is -2.31.